The van der Waals surface area contributed by atoms with Crippen LogP contribution in [0, 0.1) is 0 Å². The molecule has 0 aliphatic rings. The van der Waals surface area contributed by atoms with Gasteiger partial charge in [-0.3, -0.25) is 9.59 Å². The Balaban J connectivity index is 1.21. The van der Waals surface area contributed by atoms with Gasteiger partial charge in [-0.05, 0) is 60.1 Å². The number of para-hydroxylation sites is 2. The number of H-pyrrole nitrogens is 2. The number of hydrogen-bond donors (Lipinski definition) is 4. The van der Waals surface area contributed by atoms with Crippen molar-refractivity contribution >= 4 is 45.4 Å². The van der Waals surface area contributed by atoms with Crippen molar-refractivity contribution in [3.63, 3.8) is 0 Å². The van der Waals surface area contributed by atoms with Crippen LogP contribution in [0.25, 0.3) is 21.8 Å². The summed E-state index contributed by atoms with van der Waals surface area (Å²) in [6.07, 6.45) is 6.75. The number of aryl methyl sites for hydroxylation is 2. The van der Waals surface area contributed by atoms with Crippen molar-refractivity contribution < 1.29 is 9.59 Å². The summed E-state index contributed by atoms with van der Waals surface area (Å²) in [5.74, 6) is -0.0895. The van der Waals surface area contributed by atoms with Crippen LogP contribution >= 0.6 is 11.8 Å². The van der Waals surface area contributed by atoms with E-state index < -0.39 is 10.5 Å². The van der Waals surface area contributed by atoms with Crippen LogP contribution in [-0.2, 0) is 35.5 Å². The Morgan fingerprint density at radius 1 is 0.556 bits per heavy atom. The fourth-order valence-electron chi connectivity index (χ4n) is 5.77. The molecule has 0 fully saturated rings. The highest BCUT2D eigenvalue weighted by Crippen LogP contribution is 2.29. The van der Waals surface area contributed by atoms with E-state index >= 15 is 0 Å². The summed E-state index contributed by atoms with van der Waals surface area (Å²) in [5, 5.41) is 7.84. The topological polar surface area (TPSA) is 89.8 Å². The molecule has 2 aromatic heterocycles. The van der Waals surface area contributed by atoms with Gasteiger partial charge in [0.15, 0.2) is 0 Å². The molecule has 7 heteroatoms. The molecule has 2 amide bonds. The minimum atomic E-state index is -0.405. The third kappa shape index (κ3) is 7.86. The molecule has 2 atom stereocenters. The summed E-state index contributed by atoms with van der Waals surface area (Å²) in [7, 11) is 0. The zero-order chi connectivity index (χ0) is 30.8. The molecule has 0 radical (unpaired) electrons. The lowest BCUT2D eigenvalue weighted by Gasteiger charge is -2.23. The van der Waals surface area contributed by atoms with Crippen LogP contribution in [0.15, 0.2) is 122 Å². The normalized spacial score (nSPS) is 12.6. The Kier molecular flexibility index (Phi) is 9.97. The number of fused-ring (bicyclic) bond motifs is 2. The fourth-order valence-corrected chi connectivity index (χ4v) is 7.09. The standard InChI is InChI=1S/C38H38N4O2S/c43-37(41-23-27-11-3-1-4-12-27)35(21-19-29-25-39-33-17-9-7-15-31(29)33)45-36(38(44)42-24-28-13-5-2-6-14-28)22-20-30-26-40-34-18-10-8-16-32(30)34/h1-18,25-26,35-36,39-40H,19-24H2,(H,41,43)(H,42,44). The number of aromatic amines is 2. The first kappa shape index (κ1) is 30.3. The summed E-state index contributed by atoms with van der Waals surface area (Å²) < 4.78 is 0. The van der Waals surface area contributed by atoms with E-state index in [2.05, 4.69) is 44.9 Å². The molecule has 0 bridgehead atoms. The fraction of sp³-hybridized carbons (Fsp3) is 0.211. The van der Waals surface area contributed by atoms with Crippen molar-refractivity contribution in [2.45, 2.75) is 49.3 Å². The maximum Gasteiger partial charge on any atom is 0.233 e. The summed E-state index contributed by atoms with van der Waals surface area (Å²) in [4.78, 5) is 34.3. The molecule has 0 saturated carbocycles. The number of rotatable bonds is 14. The van der Waals surface area contributed by atoms with Crippen molar-refractivity contribution in [3.05, 3.63) is 144 Å². The van der Waals surface area contributed by atoms with Crippen LogP contribution in [0.4, 0.5) is 0 Å². The van der Waals surface area contributed by atoms with Gasteiger partial charge in [-0.1, -0.05) is 97.1 Å². The van der Waals surface area contributed by atoms with Gasteiger partial charge in [-0.25, -0.2) is 0 Å². The first-order chi connectivity index (χ1) is 22.1. The van der Waals surface area contributed by atoms with E-state index in [0.29, 0.717) is 25.9 Å². The largest absolute Gasteiger partial charge is 0.361 e. The van der Waals surface area contributed by atoms with Gasteiger partial charge in [0.25, 0.3) is 0 Å². The van der Waals surface area contributed by atoms with Gasteiger partial charge in [0.2, 0.25) is 11.8 Å². The number of thioether (sulfide) groups is 1. The molecule has 0 aliphatic heterocycles. The quantitative estimate of drug-likeness (QED) is 0.104. The van der Waals surface area contributed by atoms with Crippen molar-refractivity contribution in [1.29, 1.82) is 0 Å². The zero-order valence-corrected chi connectivity index (χ0v) is 26.0. The molecule has 4 aromatic carbocycles. The van der Waals surface area contributed by atoms with Gasteiger partial charge in [0.05, 0.1) is 10.5 Å². The Morgan fingerprint density at radius 2 is 0.956 bits per heavy atom. The van der Waals surface area contributed by atoms with Crippen LogP contribution in [0.3, 0.4) is 0 Å². The lowest BCUT2D eigenvalue weighted by atomic mass is 10.1. The van der Waals surface area contributed by atoms with Crippen LogP contribution in [0.5, 0.6) is 0 Å². The number of benzene rings is 4. The highest BCUT2D eigenvalue weighted by Gasteiger charge is 2.28. The number of hydrogen-bond acceptors (Lipinski definition) is 3. The van der Waals surface area contributed by atoms with Gasteiger partial charge in [-0.2, -0.15) is 0 Å². The van der Waals surface area contributed by atoms with Crippen LogP contribution in [0.1, 0.15) is 35.1 Å². The third-order valence-corrected chi connectivity index (χ3v) is 9.79. The smallest absolute Gasteiger partial charge is 0.233 e. The molecule has 228 valence electrons. The van der Waals surface area contributed by atoms with E-state index in [-0.39, 0.29) is 11.8 Å². The molecule has 6 nitrogen and oxygen atoms in total. The minimum absolute atomic E-state index is 0.0448. The molecule has 6 aromatic rings. The molecule has 0 saturated heterocycles. The van der Waals surface area contributed by atoms with Gasteiger partial charge < -0.3 is 20.6 Å². The molecule has 0 spiro atoms. The summed E-state index contributed by atoms with van der Waals surface area (Å²) in [5.41, 5.74) is 6.61. The predicted octanol–water partition coefficient (Wildman–Crippen LogP) is 7.32. The maximum absolute atomic E-state index is 13.8. The Morgan fingerprint density at radius 3 is 1.40 bits per heavy atom. The first-order valence-electron chi connectivity index (χ1n) is 15.5. The van der Waals surface area contributed by atoms with Gasteiger partial charge >= 0.3 is 0 Å². The highest BCUT2D eigenvalue weighted by molar-refractivity contribution is 8.01. The average Bonchev–Trinajstić information content (AvgIpc) is 3.71. The van der Waals surface area contributed by atoms with Gasteiger partial charge in [0, 0.05) is 47.3 Å². The monoisotopic (exact) mass is 614 g/mol. The van der Waals surface area contributed by atoms with E-state index in [9.17, 15) is 9.59 Å². The third-order valence-electron chi connectivity index (χ3n) is 8.23. The SMILES string of the molecule is O=C(NCc1ccccc1)C(CCc1c[nH]c2ccccc12)SC(CCc1c[nH]c2ccccc12)C(=O)NCc1ccccc1. The molecule has 0 aliphatic carbocycles. The minimum Gasteiger partial charge on any atom is -0.361 e. The Bertz CT molecular complexity index is 1710. The summed E-state index contributed by atoms with van der Waals surface area (Å²) in [6.45, 7) is 0.897. The number of amides is 2. The van der Waals surface area contributed by atoms with E-state index in [4.69, 9.17) is 0 Å². The summed E-state index contributed by atoms with van der Waals surface area (Å²) in [6, 6.07) is 36.3. The lowest BCUT2D eigenvalue weighted by Crippen LogP contribution is -2.38. The second-order valence-corrected chi connectivity index (χ2v) is 12.7. The van der Waals surface area contributed by atoms with Crippen LogP contribution < -0.4 is 10.6 Å². The van der Waals surface area contributed by atoms with Crippen LogP contribution in [-0.4, -0.2) is 32.3 Å². The number of carbonyl (C=O) groups is 2. The van der Waals surface area contributed by atoms with Crippen LogP contribution in [0.2, 0.25) is 0 Å². The predicted molar refractivity (Wildman–Crippen MR) is 185 cm³/mol. The lowest BCUT2D eigenvalue weighted by molar-refractivity contribution is -0.120. The van der Waals surface area contributed by atoms with E-state index in [0.717, 1.165) is 35.0 Å². The van der Waals surface area contributed by atoms with Gasteiger partial charge in [-0.15, -0.1) is 11.8 Å². The molecular formula is C38H38N4O2S. The first-order valence-corrected chi connectivity index (χ1v) is 16.5. The van der Waals surface area contributed by atoms with Crippen molar-refractivity contribution in [2.24, 2.45) is 0 Å². The zero-order valence-electron chi connectivity index (χ0n) is 25.2. The number of aromatic nitrogens is 2. The summed E-state index contributed by atoms with van der Waals surface area (Å²) >= 11 is 1.49. The van der Waals surface area contributed by atoms with Gasteiger partial charge in [0.1, 0.15) is 0 Å². The molecule has 2 unspecified atom stereocenters. The number of nitrogens with one attached hydrogen (secondary N) is 4. The molecular weight excluding hydrogens is 577 g/mol. The van der Waals surface area contributed by atoms with Crippen molar-refractivity contribution in [3.8, 4) is 0 Å². The Labute approximate surface area is 268 Å². The molecule has 4 N–H and O–H groups in total. The van der Waals surface area contributed by atoms with E-state index in [1.165, 1.54) is 33.7 Å². The second-order valence-electron chi connectivity index (χ2n) is 11.3. The highest BCUT2D eigenvalue weighted by atomic mass is 32.2. The second kappa shape index (κ2) is 14.8. The molecule has 45 heavy (non-hydrogen) atoms. The number of carbonyl (C=O) groups excluding carboxylic acids is 2. The maximum atomic E-state index is 13.8. The van der Waals surface area contributed by atoms with E-state index in [1.807, 2.05) is 97.3 Å². The Hall–Kier alpha value is -4.75. The average molecular weight is 615 g/mol. The molecule has 6 rings (SSSR count). The van der Waals surface area contributed by atoms with E-state index in [1.54, 1.807) is 0 Å². The van der Waals surface area contributed by atoms with Crippen molar-refractivity contribution in [1.82, 2.24) is 20.6 Å². The molecule has 2 heterocycles. The van der Waals surface area contributed by atoms with Crippen molar-refractivity contribution in [2.75, 3.05) is 0 Å².